The van der Waals surface area contributed by atoms with Gasteiger partial charge in [-0.15, -0.1) is 0 Å². The van der Waals surface area contributed by atoms with Crippen molar-refractivity contribution in [1.29, 1.82) is 0 Å². The van der Waals surface area contributed by atoms with E-state index in [2.05, 4.69) is 48.7 Å². The fourth-order valence-electron chi connectivity index (χ4n) is 3.14. The molecule has 0 aromatic heterocycles. The van der Waals surface area contributed by atoms with Crippen LogP contribution >= 0.6 is 0 Å². The summed E-state index contributed by atoms with van der Waals surface area (Å²) >= 11 is 0. The molecule has 3 N–H and O–H groups in total. The molecule has 23 heavy (non-hydrogen) atoms. The molecular weight excluding hydrogens is 288 g/mol. The number of rotatable bonds is 5. The van der Waals surface area contributed by atoms with Crippen molar-refractivity contribution in [3.8, 4) is 0 Å². The van der Waals surface area contributed by atoms with Gasteiger partial charge in [-0.2, -0.15) is 0 Å². The molecule has 128 valence electrons. The van der Waals surface area contributed by atoms with Crippen LogP contribution < -0.4 is 10.6 Å². The van der Waals surface area contributed by atoms with Crippen LogP contribution in [0.15, 0.2) is 24.3 Å². The van der Waals surface area contributed by atoms with Crippen LogP contribution in [0.3, 0.4) is 0 Å². The zero-order valence-corrected chi connectivity index (χ0v) is 14.5. The van der Waals surface area contributed by atoms with Gasteiger partial charge in [0.05, 0.1) is 12.1 Å². The van der Waals surface area contributed by atoms with Crippen LogP contribution in [-0.4, -0.2) is 23.3 Å². The fourth-order valence-corrected chi connectivity index (χ4v) is 3.14. The van der Waals surface area contributed by atoms with Crippen molar-refractivity contribution in [2.45, 2.75) is 71.1 Å². The summed E-state index contributed by atoms with van der Waals surface area (Å²) in [6.07, 6.45) is 4.14. The highest BCUT2D eigenvalue weighted by Gasteiger charge is 2.21. The molecule has 1 aromatic carbocycles. The molecule has 2 amide bonds. The number of amides is 2. The quantitative estimate of drug-likeness (QED) is 0.777. The lowest BCUT2D eigenvalue weighted by Crippen LogP contribution is -2.44. The van der Waals surface area contributed by atoms with Crippen molar-refractivity contribution in [2.24, 2.45) is 5.92 Å². The monoisotopic (exact) mass is 318 g/mol. The molecule has 0 spiro atoms. The summed E-state index contributed by atoms with van der Waals surface area (Å²) in [4.78, 5) is 12.1. The van der Waals surface area contributed by atoms with Crippen LogP contribution in [0.1, 0.15) is 63.6 Å². The molecule has 2 rings (SSSR count). The zero-order valence-electron chi connectivity index (χ0n) is 14.5. The SMILES string of the molecule is CC(C)Cc1ccc(C(C)NC(=O)NC2CCC(O)CC2)cc1. The maximum atomic E-state index is 12.1. The van der Waals surface area contributed by atoms with E-state index in [9.17, 15) is 9.90 Å². The summed E-state index contributed by atoms with van der Waals surface area (Å²) in [5.74, 6) is 0.649. The minimum atomic E-state index is -0.195. The Morgan fingerprint density at radius 1 is 1.13 bits per heavy atom. The first-order valence-corrected chi connectivity index (χ1v) is 8.78. The molecule has 1 aliphatic rings. The van der Waals surface area contributed by atoms with Gasteiger partial charge < -0.3 is 15.7 Å². The van der Waals surface area contributed by atoms with E-state index >= 15 is 0 Å². The second kappa shape index (κ2) is 8.34. The number of aliphatic hydroxyl groups excluding tert-OH is 1. The Labute approximate surface area is 139 Å². The van der Waals surface area contributed by atoms with Gasteiger partial charge in [-0.3, -0.25) is 0 Å². The number of hydrogen-bond donors (Lipinski definition) is 3. The van der Waals surface area contributed by atoms with Gasteiger partial charge in [-0.05, 0) is 56.1 Å². The fraction of sp³-hybridized carbons (Fsp3) is 0.632. The van der Waals surface area contributed by atoms with Gasteiger partial charge in [0.1, 0.15) is 0 Å². The Hall–Kier alpha value is -1.55. The molecule has 4 nitrogen and oxygen atoms in total. The first-order valence-electron chi connectivity index (χ1n) is 8.78. The Morgan fingerprint density at radius 3 is 2.30 bits per heavy atom. The third kappa shape index (κ3) is 5.87. The highest BCUT2D eigenvalue weighted by atomic mass is 16.3. The first kappa shape index (κ1) is 17.8. The van der Waals surface area contributed by atoms with Crippen molar-refractivity contribution < 1.29 is 9.90 Å². The minimum absolute atomic E-state index is 0.0164. The predicted octanol–water partition coefficient (Wildman–Crippen LogP) is 3.55. The number of aliphatic hydroxyl groups is 1. The Kier molecular flexibility index (Phi) is 6.46. The average Bonchev–Trinajstić information content (AvgIpc) is 2.49. The molecule has 4 heteroatoms. The van der Waals surface area contributed by atoms with Crippen molar-refractivity contribution in [2.75, 3.05) is 0 Å². The molecule has 1 saturated carbocycles. The third-order valence-corrected chi connectivity index (χ3v) is 4.50. The van der Waals surface area contributed by atoms with E-state index in [1.54, 1.807) is 0 Å². The van der Waals surface area contributed by atoms with Crippen LogP contribution in [0.25, 0.3) is 0 Å². The Morgan fingerprint density at radius 2 is 1.74 bits per heavy atom. The predicted molar refractivity (Wildman–Crippen MR) is 93.3 cm³/mol. The third-order valence-electron chi connectivity index (χ3n) is 4.50. The van der Waals surface area contributed by atoms with Gasteiger partial charge in [0, 0.05) is 6.04 Å². The number of urea groups is 1. The second-order valence-electron chi connectivity index (χ2n) is 7.18. The highest BCUT2D eigenvalue weighted by Crippen LogP contribution is 2.19. The Bertz CT molecular complexity index is 491. The van der Waals surface area contributed by atoms with Gasteiger partial charge >= 0.3 is 6.03 Å². The summed E-state index contributed by atoms with van der Waals surface area (Å²) < 4.78 is 0. The van der Waals surface area contributed by atoms with E-state index in [0.717, 1.165) is 37.7 Å². The van der Waals surface area contributed by atoms with Gasteiger partial charge in [-0.1, -0.05) is 38.1 Å². The van der Waals surface area contributed by atoms with Crippen LogP contribution in [-0.2, 0) is 6.42 Å². The topological polar surface area (TPSA) is 61.4 Å². The second-order valence-corrected chi connectivity index (χ2v) is 7.18. The maximum Gasteiger partial charge on any atom is 0.315 e. The maximum absolute atomic E-state index is 12.1. The molecule has 0 radical (unpaired) electrons. The zero-order chi connectivity index (χ0) is 16.8. The van der Waals surface area contributed by atoms with Crippen molar-refractivity contribution in [3.05, 3.63) is 35.4 Å². The van der Waals surface area contributed by atoms with Crippen LogP contribution in [0.2, 0.25) is 0 Å². The minimum Gasteiger partial charge on any atom is -0.393 e. The molecular formula is C19H30N2O2. The van der Waals surface area contributed by atoms with E-state index in [1.807, 2.05) is 6.92 Å². The number of hydrogen-bond acceptors (Lipinski definition) is 2. The lowest BCUT2D eigenvalue weighted by atomic mass is 9.93. The molecule has 1 unspecified atom stereocenters. The largest absolute Gasteiger partial charge is 0.393 e. The van der Waals surface area contributed by atoms with Gasteiger partial charge in [0.15, 0.2) is 0 Å². The molecule has 0 saturated heterocycles. The molecule has 0 heterocycles. The van der Waals surface area contributed by atoms with Gasteiger partial charge in [0.2, 0.25) is 0 Å². The average molecular weight is 318 g/mol. The lowest BCUT2D eigenvalue weighted by Gasteiger charge is -2.27. The molecule has 0 bridgehead atoms. The summed E-state index contributed by atoms with van der Waals surface area (Å²) in [6.45, 7) is 6.43. The molecule has 1 aliphatic carbocycles. The number of benzene rings is 1. The van der Waals surface area contributed by atoms with E-state index in [0.29, 0.717) is 5.92 Å². The van der Waals surface area contributed by atoms with E-state index < -0.39 is 0 Å². The van der Waals surface area contributed by atoms with E-state index in [1.165, 1.54) is 5.56 Å². The lowest BCUT2D eigenvalue weighted by molar-refractivity contribution is 0.117. The van der Waals surface area contributed by atoms with Crippen LogP contribution in [0.5, 0.6) is 0 Å². The summed E-state index contributed by atoms with van der Waals surface area (Å²) in [5, 5.41) is 15.5. The number of nitrogens with one attached hydrogen (secondary N) is 2. The summed E-state index contributed by atoms with van der Waals surface area (Å²) in [6, 6.07) is 8.53. The smallest absolute Gasteiger partial charge is 0.315 e. The highest BCUT2D eigenvalue weighted by molar-refractivity contribution is 5.74. The molecule has 1 fully saturated rings. The molecule has 0 aliphatic heterocycles. The van der Waals surface area contributed by atoms with Gasteiger partial charge in [-0.25, -0.2) is 4.79 Å². The van der Waals surface area contributed by atoms with E-state index in [4.69, 9.17) is 0 Å². The number of carbonyl (C=O) groups excluding carboxylic acids is 1. The first-order chi connectivity index (χ1) is 10.9. The van der Waals surface area contributed by atoms with Crippen molar-refractivity contribution >= 4 is 6.03 Å². The van der Waals surface area contributed by atoms with Crippen LogP contribution in [0, 0.1) is 5.92 Å². The standard InChI is InChI=1S/C19H30N2O2/c1-13(2)12-15-4-6-16(7-5-15)14(3)20-19(23)21-17-8-10-18(22)11-9-17/h4-7,13-14,17-18,22H,8-12H2,1-3H3,(H2,20,21,23). The van der Waals surface area contributed by atoms with Gasteiger partial charge in [0.25, 0.3) is 0 Å². The normalized spacial score (nSPS) is 22.7. The number of carbonyl (C=O) groups is 1. The molecule has 1 aromatic rings. The van der Waals surface area contributed by atoms with E-state index in [-0.39, 0.29) is 24.2 Å². The summed E-state index contributed by atoms with van der Waals surface area (Å²) in [7, 11) is 0. The van der Waals surface area contributed by atoms with Crippen molar-refractivity contribution in [3.63, 3.8) is 0 Å². The summed E-state index contributed by atoms with van der Waals surface area (Å²) in [5.41, 5.74) is 2.45. The Balaban J connectivity index is 1.81. The van der Waals surface area contributed by atoms with Crippen LogP contribution in [0.4, 0.5) is 4.79 Å². The van der Waals surface area contributed by atoms with Crippen molar-refractivity contribution in [1.82, 2.24) is 10.6 Å². The molecule has 1 atom stereocenters.